The lowest BCUT2D eigenvalue weighted by Gasteiger charge is -2.38. The van der Waals surface area contributed by atoms with Crippen LogP contribution in [0.25, 0.3) is 11.2 Å². The molecule has 2 aromatic heterocycles. The minimum absolute atomic E-state index is 0.0220. The lowest BCUT2D eigenvalue weighted by atomic mass is 9.92. The van der Waals surface area contributed by atoms with Gasteiger partial charge >= 0.3 is 0 Å². The molecule has 2 aliphatic heterocycles. The SMILES string of the molecule is Cc1ccc(C(=O)N2CCCC(C(=O)N3CCCC(c4nc5ncccc5[nH]4)C3)C2)cc1. The summed E-state index contributed by atoms with van der Waals surface area (Å²) in [4.78, 5) is 42.6. The van der Waals surface area contributed by atoms with Crippen LogP contribution in [0.4, 0.5) is 0 Å². The molecular weight excluding hydrogens is 402 g/mol. The smallest absolute Gasteiger partial charge is 0.253 e. The van der Waals surface area contributed by atoms with E-state index in [1.165, 1.54) is 0 Å². The maximum absolute atomic E-state index is 13.4. The Balaban J connectivity index is 1.25. The molecular formula is C25H29N5O2. The first kappa shape index (κ1) is 20.7. The molecule has 1 aromatic carbocycles. The van der Waals surface area contributed by atoms with Gasteiger partial charge < -0.3 is 14.8 Å². The fourth-order valence-corrected chi connectivity index (χ4v) is 4.96. The van der Waals surface area contributed by atoms with Gasteiger partial charge in [0.15, 0.2) is 5.65 Å². The van der Waals surface area contributed by atoms with Crippen molar-refractivity contribution in [1.82, 2.24) is 24.8 Å². The number of H-pyrrole nitrogens is 1. The predicted molar refractivity (Wildman–Crippen MR) is 122 cm³/mol. The monoisotopic (exact) mass is 431 g/mol. The molecule has 2 unspecified atom stereocenters. The Bertz CT molecular complexity index is 1090. The Hall–Kier alpha value is -3.22. The number of nitrogens with one attached hydrogen (secondary N) is 1. The van der Waals surface area contributed by atoms with Gasteiger partial charge in [-0.3, -0.25) is 9.59 Å². The van der Waals surface area contributed by atoms with Crippen molar-refractivity contribution in [1.29, 1.82) is 0 Å². The Morgan fingerprint density at radius 1 is 1.00 bits per heavy atom. The van der Waals surface area contributed by atoms with E-state index in [2.05, 4.69) is 15.0 Å². The molecule has 0 radical (unpaired) electrons. The Labute approximate surface area is 187 Å². The van der Waals surface area contributed by atoms with Crippen LogP contribution < -0.4 is 0 Å². The van der Waals surface area contributed by atoms with Crippen molar-refractivity contribution < 1.29 is 9.59 Å². The maximum atomic E-state index is 13.4. The highest BCUT2D eigenvalue weighted by atomic mass is 16.2. The van der Waals surface area contributed by atoms with Crippen LogP contribution in [0.15, 0.2) is 42.6 Å². The molecule has 4 heterocycles. The number of piperidine rings is 2. The second-order valence-corrected chi connectivity index (χ2v) is 9.08. The van der Waals surface area contributed by atoms with Crippen molar-refractivity contribution in [3.63, 3.8) is 0 Å². The van der Waals surface area contributed by atoms with E-state index >= 15 is 0 Å². The molecule has 32 heavy (non-hydrogen) atoms. The van der Waals surface area contributed by atoms with Gasteiger partial charge in [0, 0.05) is 43.9 Å². The number of fused-ring (bicyclic) bond motifs is 1. The van der Waals surface area contributed by atoms with Crippen molar-refractivity contribution in [3.8, 4) is 0 Å². The number of hydrogen-bond acceptors (Lipinski definition) is 4. The number of amides is 2. The van der Waals surface area contributed by atoms with E-state index in [0.717, 1.165) is 54.8 Å². The first-order valence-corrected chi connectivity index (χ1v) is 11.5. The van der Waals surface area contributed by atoms with E-state index in [0.29, 0.717) is 25.2 Å². The number of likely N-dealkylation sites (tertiary alicyclic amines) is 2. The molecule has 0 aliphatic carbocycles. The quantitative estimate of drug-likeness (QED) is 0.688. The topological polar surface area (TPSA) is 82.2 Å². The highest BCUT2D eigenvalue weighted by molar-refractivity contribution is 5.94. The largest absolute Gasteiger partial charge is 0.342 e. The number of aromatic nitrogens is 3. The molecule has 7 heteroatoms. The van der Waals surface area contributed by atoms with Crippen LogP contribution in [-0.4, -0.2) is 62.7 Å². The summed E-state index contributed by atoms with van der Waals surface area (Å²) in [6, 6.07) is 11.5. The number of pyridine rings is 1. The van der Waals surface area contributed by atoms with Crippen molar-refractivity contribution in [2.75, 3.05) is 26.2 Å². The van der Waals surface area contributed by atoms with Gasteiger partial charge in [-0.2, -0.15) is 0 Å². The van der Waals surface area contributed by atoms with E-state index in [9.17, 15) is 9.59 Å². The number of aromatic amines is 1. The maximum Gasteiger partial charge on any atom is 0.253 e. The third-order valence-electron chi connectivity index (χ3n) is 6.75. The van der Waals surface area contributed by atoms with Crippen LogP contribution in [0, 0.1) is 12.8 Å². The van der Waals surface area contributed by atoms with Gasteiger partial charge in [0.25, 0.3) is 5.91 Å². The number of aryl methyl sites for hydroxylation is 1. The van der Waals surface area contributed by atoms with Gasteiger partial charge in [0.2, 0.25) is 5.91 Å². The molecule has 2 aliphatic rings. The molecule has 2 saturated heterocycles. The van der Waals surface area contributed by atoms with Gasteiger partial charge in [-0.05, 0) is 56.9 Å². The molecule has 3 aromatic rings. The molecule has 1 N–H and O–H groups in total. The summed E-state index contributed by atoms with van der Waals surface area (Å²) in [7, 11) is 0. The minimum atomic E-state index is -0.130. The average molecular weight is 432 g/mol. The number of imidazole rings is 1. The standard InChI is InChI=1S/C25H29N5O2/c1-17-8-10-18(11-9-17)24(31)30-14-4-6-20(16-30)25(32)29-13-3-5-19(15-29)22-27-21-7-2-12-26-23(21)28-22/h2,7-12,19-20H,3-6,13-16H2,1H3,(H,26,27,28). The predicted octanol–water partition coefficient (Wildman–Crippen LogP) is 3.52. The number of hydrogen-bond donors (Lipinski definition) is 1. The third kappa shape index (κ3) is 4.11. The Morgan fingerprint density at radius 3 is 2.59 bits per heavy atom. The van der Waals surface area contributed by atoms with Crippen molar-refractivity contribution in [2.45, 2.75) is 38.5 Å². The molecule has 0 bridgehead atoms. The molecule has 7 nitrogen and oxygen atoms in total. The molecule has 2 fully saturated rings. The van der Waals surface area contributed by atoms with Crippen LogP contribution in [-0.2, 0) is 4.79 Å². The van der Waals surface area contributed by atoms with Crippen LogP contribution in [0.1, 0.15) is 53.3 Å². The summed E-state index contributed by atoms with van der Waals surface area (Å²) < 4.78 is 0. The number of carbonyl (C=O) groups excluding carboxylic acids is 2. The van der Waals surface area contributed by atoms with Crippen LogP contribution in [0.3, 0.4) is 0 Å². The number of nitrogens with zero attached hydrogens (tertiary/aromatic N) is 4. The fraction of sp³-hybridized carbons (Fsp3) is 0.440. The zero-order valence-electron chi connectivity index (χ0n) is 18.5. The van der Waals surface area contributed by atoms with Gasteiger partial charge in [-0.15, -0.1) is 0 Å². The Morgan fingerprint density at radius 2 is 1.78 bits per heavy atom. The summed E-state index contributed by atoms with van der Waals surface area (Å²) in [5.41, 5.74) is 3.49. The minimum Gasteiger partial charge on any atom is -0.342 e. The normalized spacial score (nSPS) is 21.7. The Kier molecular flexibility index (Phi) is 5.64. The van der Waals surface area contributed by atoms with E-state index in [1.54, 1.807) is 6.20 Å². The van der Waals surface area contributed by atoms with Crippen LogP contribution >= 0.6 is 0 Å². The number of carbonyl (C=O) groups is 2. The molecule has 166 valence electrons. The first-order chi connectivity index (χ1) is 15.6. The van der Waals surface area contributed by atoms with Crippen molar-refractivity contribution >= 4 is 23.0 Å². The first-order valence-electron chi connectivity index (χ1n) is 11.5. The summed E-state index contributed by atoms with van der Waals surface area (Å²) >= 11 is 0. The molecule has 0 spiro atoms. The summed E-state index contributed by atoms with van der Waals surface area (Å²) in [6.07, 6.45) is 5.41. The van der Waals surface area contributed by atoms with E-state index in [1.807, 2.05) is 53.1 Å². The highest BCUT2D eigenvalue weighted by Gasteiger charge is 2.34. The average Bonchev–Trinajstić information content (AvgIpc) is 3.28. The number of benzene rings is 1. The summed E-state index contributed by atoms with van der Waals surface area (Å²) in [5, 5.41) is 0. The third-order valence-corrected chi connectivity index (χ3v) is 6.75. The zero-order chi connectivity index (χ0) is 22.1. The second kappa shape index (κ2) is 8.73. The zero-order valence-corrected chi connectivity index (χ0v) is 18.5. The van der Waals surface area contributed by atoms with Gasteiger partial charge in [0.05, 0.1) is 11.4 Å². The highest BCUT2D eigenvalue weighted by Crippen LogP contribution is 2.29. The molecule has 5 rings (SSSR count). The lowest BCUT2D eigenvalue weighted by molar-refractivity contribution is -0.138. The van der Waals surface area contributed by atoms with E-state index < -0.39 is 0 Å². The van der Waals surface area contributed by atoms with Gasteiger partial charge in [-0.25, -0.2) is 9.97 Å². The van der Waals surface area contributed by atoms with Gasteiger partial charge in [-0.1, -0.05) is 17.7 Å². The number of rotatable bonds is 3. The van der Waals surface area contributed by atoms with Crippen molar-refractivity contribution in [3.05, 3.63) is 59.5 Å². The fourth-order valence-electron chi connectivity index (χ4n) is 4.96. The molecule has 0 saturated carbocycles. The second-order valence-electron chi connectivity index (χ2n) is 9.08. The van der Waals surface area contributed by atoms with Crippen LogP contribution in [0.2, 0.25) is 0 Å². The van der Waals surface area contributed by atoms with E-state index in [-0.39, 0.29) is 23.7 Å². The van der Waals surface area contributed by atoms with Crippen molar-refractivity contribution in [2.24, 2.45) is 5.92 Å². The van der Waals surface area contributed by atoms with E-state index in [4.69, 9.17) is 0 Å². The summed E-state index contributed by atoms with van der Waals surface area (Å²) in [5.74, 6) is 1.17. The summed E-state index contributed by atoms with van der Waals surface area (Å²) in [6.45, 7) is 4.67. The van der Waals surface area contributed by atoms with Crippen LogP contribution in [0.5, 0.6) is 0 Å². The molecule has 2 amide bonds. The van der Waals surface area contributed by atoms with Gasteiger partial charge in [0.1, 0.15) is 5.82 Å². The lowest BCUT2D eigenvalue weighted by Crippen LogP contribution is -2.49. The molecule has 2 atom stereocenters.